The van der Waals surface area contributed by atoms with Crippen molar-refractivity contribution in [2.45, 2.75) is 19.6 Å². The summed E-state index contributed by atoms with van der Waals surface area (Å²) >= 11 is 6.22. The Kier molecular flexibility index (Phi) is 6.29. The summed E-state index contributed by atoms with van der Waals surface area (Å²) in [6.07, 6.45) is 0. The van der Waals surface area contributed by atoms with Crippen molar-refractivity contribution in [3.63, 3.8) is 0 Å². The summed E-state index contributed by atoms with van der Waals surface area (Å²) in [5.74, 6) is 0.678. The molecule has 0 aliphatic carbocycles. The van der Waals surface area contributed by atoms with Crippen LogP contribution in [-0.2, 0) is 16.1 Å². The lowest BCUT2D eigenvalue weighted by Gasteiger charge is -2.28. The van der Waals surface area contributed by atoms with Crippen molar-refractivity contribution < 1.29 is 23.8 Å². The third kappa shape index (κ3) is 4.63. The smallest absolute Gasteiger partial charge is 0.338 e. The third-order valence-corrected chi connectivity index (χ3v) is 4.82. The van der Waals surface area contributed by atoms with Gasteiger partial charge in [0.1, 0.15) is 18.1 Å². The van der Waals surface area contributed by atoms with E-state index in [1.54, 1.807) is 44.4 Å². The van der Waals surface area contributed by atoms with E-state index in [0.29, 0.717) is 33.4 Å². The Morgan fingerprint density at radius 1 is 1.10 bits per heavy atom. The Morgan fingerprint density at radius 3 is 2.45 bits per heavy atom. The topological polar surface area (TPSA) is 85.9 Å². The van der Waals surface area contributed by atoms with Crippen molar-refractivity contribution in [2.75, 3.05) is 14.2 Å². The molecule has 7 nitrogen and oxygen atoms in total. The number of hydrogen-bond acceptors (Lipinski definition) is 5. The van der Waals surface area contributed by atoms with Gasteiger partial charge in [0.15, 0.2) is 0 Å². The molecule has 0 fully saturated rings. The van der Waals surface area contributed by atoms with Gasteiger partial charge >= 0.3 is 12.0 Å². The maximum absolute atomic E-state index is 12.8. The van der Waals surface area contributed by atoms with E-state index in [-0.39, 0.29) is 6.61 Å². The average Bonchev–Trinajstić information content (AvgIpc) is 2.71. The van der Waals surface area contributed by atoms with E-state index < -0.39 is 18.0 Å². The SMILES string of the molecule is COc1ccc(COC(=O)C2=C(C)NC(=O)NC2c2ccc(OC)c(Cl)c2)cc1. The van der Waals surface area contributed by atoms with E-state index in [9.17, 15) is 9.59 Å². The van der Waals surface area contributed by atoms with Crippen LogP contribution >= 0.6 is 11.6 Å². The Morgan fingerprint density at radius 2 is 1.83 bits per heavy atom. The fraction of sp³-hybridized carbons (Fsp3) is 0.238. The lowest BCUT2D eigenvalue weighted by Crippen LogP contribution is -2.45. The molecule has 0 saturated carbocycles. The van der Waals surface area contributed by atoms with E-state index >= 15 is 0 Å². The van der Waals surface area contributed by atoms with Gasteiger partial charge in [-0.15, -0.1) is 0 Å². The van der Waals surface area contributed by atoms with E-state index in [1.807, 2.05) is 12.1 Å². The number of carbonyl (C=O) groups excluding carboxylic acids is 2. The summed E-state index contributed by atoms with van der Waals surface area (Å²) in [4.78, 5) is 24.8. The number of halogens is 1. The summed E-state index contributed by atoms with van der Waals surface area (Å²) in [6, 6.07) is 11.2. The first kappa shape index (κ1) is 20.5. The Balaban J connectivity index is 1.82. The van der Waals surface area contributed by atoms with Crippen LogP contribution in [-0.4, -0.2) is 26.2 Å². The molecule has 2 aromatic rings. The molecule has 1 heterocycles. The number of carbonyl (C=O) groups is 2. The molecule has 2 N–H and O–H groups in total. The zero-order valence-electron chi connectivity index (χ0n) is 16.2. The van der Waals surface area contributed by atoms with Crippen molar-refractivity contribution in [3.05, 3.63) is 69.9 Å². The molecule has 2 aromatic carbocycles. The number of benzene rings is 2. The summed E-state index contributed by atoms with van der Waals surface area (Å²) in [7, 11) is 3.10. The predicted molar refractivity (Wildman–Crippen MR) is 108 cm³/mol. The number of ether oxygens (including phenoxy) is 3. The molecule has 1 atom stereocenters. The highest BCUT2D eigenvalue weighted by atomic mass is 35.5. The summed E-state index contributed by atoms with van der Waals surface area (Å²) in [6.45, 7) is 1.74. The predicted octanol–water partition coefficient (Wildman–Crippen LogP) is 3.73. The fourth-order valence-electron chi connectivity index (χ4n) is 3.03. The summed E-state index contributed by atoms with van der Waals surface area (Å²) in [5, 5.41) is 5.74. The monoisotopic (exact) mass is 416 g/mol. The van der Waals surface area contributed by atoms with Gasteiger partial charge in [-0.25, -0.2) is 9.59 Å². The van der Waals surface area contributed by atoms with E-state index in [2.05, 4.69) is 10.6 Å². The first-order valence-electron chi connectivity index (χ1n) is 8.84. The van der Waals surface area contributed by atoms with Gasteiger partial charge < -0.3 is 24.8 Å². The molecule has 0 aromatic heterocycles. The molecule has 8 heteroatoms. The molecule has 152 valence electrons. The van der Waals surface area contributed by atoms with E-state index in [4.69, 9.17) is 25.8 Å². The van der Waals surface area contributed by atoms with Crippen LogP contribution in [0.3, 0.4) is 0 Å². The minimum Gasteiger partial charge on any atom is -0.497 e. The van der Waals surface area contributed by atoms with Crippen LogP contribution in [0, 0.1) is 0 Å². The van der Waals surface area contributed by atoms with Crippen molar-refractivity contribution >= 4 is 23.6 Å². The van der Waals surface area contributed by atoms with E-state index in [1.165, 1.54) is 7.11 Å². The quantitative estimate of drug-likeness (QED) is 0.701. The highest BCUT2D eigenvalue weighted by molar-refractivity contribution is 6.32. The fourth-order valence-corrected chi connectivity index (χ4v) is 3.29. The van der Waals surface area contributed by atoms with Gasteiger partial charge in [-0.2, -0.15) is 0 Å². The largest absolute Gasteiger partial charge is 0.497 e. The highest BCUT2D eigenvalue weighted by Gasteiger charge is 2.32. The second-order valence-electron chi connectivity index (χ2n) is 6.39. The van der Waals surface area contributed by atoms with Gasteiger partial charge in [0.2, 0.25) is 0 Å². The van der Waals surface area contributed by atoms with Crippen LogP contribution in [0.5, 0.6) is 11.5 Å². The molecule has 1 aliphatic rings. The van der Waals surface area contributed by atoms with Crippen LogP contribution < -0.4 is 20.1 Å². The molecule has 1 unspecified atom stereocenters. The van der Waals surface area contributed by atoms with Crippen molar-refractivity contribution in [1.29, 1.82) is 0 Å². The summed E-state index contributed by atoms with van der Waals surface area (Å²) < 4.78 is 15.8. The normalized spacial score (nSPS) is 16.0. The van der Waals surface area contributed by atoms with Gasteiger partial charge in [-0.1, -0.05) is 29.8 Å². The number of hydrogen-bond donors (Lipinski definition) is 2. The Bertz CT molecular complexity index is 956. The minimum absolute atomic E-state index is 0.0869. The number of allylic oxidation sites excluding steroid dienone is 1. The van der Waals surface area contributed by atoms with E-state index in [0.717, 1.165) is 5.56 Å². The Labute approximate surface area is 173 Å². The maximum atomic E-state index is 12.8. The molecule has 29 heavy (non-hydrogen) atoms. The van der Waals surface area contributed by atoms with Crippen LogP contribution in [0.2, 0.25) is 5.02 Å². The minimum atomic E-state index is -0.699. The molecule has 1 aliphatic heterocycles. The number of esters is 1. The molecule has 0 spiro atoms. The average molecular weight is 417 g/mol. The number of rotatable bonds is 6. The standard InChI is InChI=1S/C21H21ClN2O5/c1-12-18(20(25)29-11-13-4-7-15(27-2)8-5-13)19(24-21(26)23-12)14-6-9-17(28-3)16(22)10-14/h4-10,19H,11H2,1-3H3,(H2,23,24,26). The second-order valence-corrected chi connectivity index (χ2v) is 6.80. The zero-order chi connectivity index (χ0) is 21.0. The van der Waals surface area contributed by atoms with Gasteiger partial charge in [0.05, 0.1) is 30.9 Å². The maximum Gasteiger partial charge on any atom is 0.338 e. The number of nitrogens with one attached hydrogen (secondary N) is 2. The number of amides is 2. The van der Waals surface area contributed by atoms with Crippen molar-refractivity contribution in [1.82, 2.24) is 10.6 Å². The second kappa shape index (κ2) is 8.87. The molecule has 0 bridgehead atoms. The molecular formula is C21H21ClN2O5. The number of urea groups is 1. The third-order valence-electron chi connectivity index (χ3n) is 4.53. The zero-order valence-corrected chi connectivity index (χ0v) is 17.0. The van der Waals surface area contributed by atoms with Crippen LogP contribution in [0.4, 0.5) is 4.79 Å². The molecular weight excluding hydrogens is 396 g/mol. The van der Waals surface area contributed by atoms with Gasteiger partial charge in [-0.3, -0.25) is 0 Å². The van der Waals surface area contributed by atoms with Gasteiger partial charge in [0.25, 0.3) is 0 Å². The molecule has 3 rings (SSSR count). The van der Waals surface area contributed by atoms with Crippen LogP contribution in [0.15, 0.2) is 53.7 Å². The molecule has 0 saturated heterocycles. The number of methoxy groups -OCH3 is 2. The lowest BCUT2D eigenvalue weighted by molar-refractivity contribution is -0.140. The van der Waals surface area contributed by atoms with Gasteiger partial charge in [-0.05, 0) is 42.3 Å². The van der Waals surface area contributed by atoms with Crippen LogP contribution in [0.1, 0.15) is 24.1 Å². The molecule has 2 amide bonds. The summed E-state index contributed by atoms with van der Waals surface area (Å²) in [5.41, 5.74) is 2.18. The first-order valence-corrected chi connectivity index (χ1v) is 9.22. The van der Waals surface area contributed by atoms with Crippen molar-refractivity contribution in [3.8, 4) is 11.5 Å². The lowest BCUT2D eigenvalue weighted by atomic mass is 9.95. The van der Waals surface area contributed by atoms with Crippen molar-refractivity contribution in [2.24, 2.45) is 0 Å². The van der Waals surface area contributed by atoms with Crippen LogP contribution in [0.25, 0.3) is 0 Å². The van der Waals surface area contributed by atoms with Gasteiger partial charge in [0, 0.05) is 5.70 Å². The highest BCUT2D eigenvalue weighted by Crippen LogP contribution is 2.33. The molecule has 0 radical (unpaired) electrons. The first-order chi connectivity index (χ1) is 13.9. The Hall–Kier alpha value is -3.19.